The van der Waals surface area contributed by atoms with Crippen molar-refractivity contribution in [1.82, 2.24) is 15.8 Å². The lowest BCUT2D eigenvalue weighted by molar-refractivity contribution is -0.0947. The monoisotopic (exact) mass is 412 g/mol. The van der Waals surface area contributed by atoms with Crippen LogP contribution < -0.4 is 10.7 Å². The maximum atomic E-state index is 13.4. The lowest BCUT2D eigenvalue weighted by atomic mass is 9.89. The van der Waals surface area contributed by atoms with Crippen LogP contribution in [-0.4, -0.2) is 48.2 Å². The van der Waals surface area contributed by atoms with Crippen LogP contribution in [0.5, 0.6) is 0 Å². The fourth-order valence-electron chi connectivity index (χ4n) is 3.53. The molecule has 2 aliphatic heterocycles. The number of nitrogens with zero attached hydrogens (tertiary/aromatic N) is 2. The third-order valence-corrected chi connectivity index (χ3v) is 5.34. The minimum atomic E-state index is -4.34. The van der Waals surface area contributed by atoms with Crippen LogP contribution in [0.2, 0.25) is 0 Å². The molecule has 0 spiro atoms. The molecular formula is C20H27F3N4O2. The zero-order valence-corrected chi connectivity index (χ0v) is 16.6. The topological polar surface area (TPSA) is 61.4 Å². The normalized spacial score (nSPS) is 30.1. The highest BCUT2D eigenvalue weighted by Crippen LogP contribution is 2.36. The van der Waals surface area contributed by atoms with Crippen LogP contribution in [0.15, 0.2) is 40.7 Å². The standard InChI is InChI=1S/C20H27F3N4O2/c1-12(2)28-19-17(29-19)6-7-27-11-24-18(26-27)13-8-14(20(21,22)23)10-16(9-13)25-15-4-3-5-15/h6-7,9-10,12-13,15,17,19,25H,3-5,8,11H2,1-2H3,(H,24,26)/b7-6-/t13-,17?,19?/m1/s1. The number of hydrogen-bond donors (Lipinski definition) is 2. The number of aliphatic imine (C=N–C) groups is 1. The van der Waals surface area contributed by atoms with Gasteiger partial charge in [0.25, 0.3) is 0 Å². The van der Waals surface area contributed by atoms with Gasteiger partial charge in [-0.2, -0.15) is 13.2 Å². The van der Waals surface area contributed by atoms with Crippen molar-refractivity contribution in [2.45, 2.75) is 70.2 Å². The number of hydrogen-bond acceptors (Lipinski definition) is 6. The van der Waals surface area contributed by atoms with E-state index in [0.29, 0.717) is 18.2 Å². The van der Waals surface area contributed by atoms with Crippen molar-refractivity contribution < 1.29 is 22.6 Å². The number of alkyl halides is 3. The van der Waals surface area contributed by atoms with E-state index >= 15 is 0 Å². The van der Waals surface area contributed by atoms with Gasteiger partial charge in [0.2, 0.25) is 0 Å². The number of nitrogens with one attached hydrogen (secondary N) is 2. The summed E-state index contributed by atoms with van der Waals surface area (Å²) in [5.74, 6) is 0.107. The summed E-state index contributed by atoms with van der Waals surface area (Å²) in [4.78, 5) is 4.41. The van der Waals surface area contributed by atoms with Gasteiger partial charge < -0.3 is 14.8 Å². The number of amidine groups is 1. The number of allylic oxidation sites excluding steroid dienone is 2. The number of epoxide rings is 1. The second-order valence-corrected chi connectivity index (χ2v) is 8.13. The van der Waals surface area contributed by atoms with Crippen molar-refractivity contribution in [2.24, 2.45) is 10.9 Å². The average molecular weight is 412 g/mol. The van der Waals surface area contributed by atoms with Crippen molar-refractivity contribution >= 4 is 5.84 Å². The van der Waals surface area contributed by atoms with Crippen LogP contribution in [0.3, 0.4) is 0 Å². The van der Waals surface area contributed by atoms with E-state index in [0.717, 1.165) is 19.3 Å². The van der Waals surface area contributed by atoms with E-state index in [1.807, 2.05) is 26.0 Å². The maximum Gasteiger partial charge on any atom is 0.412 e. The fourth-order valence-corrected chi connectivity index (χ4v) is 3.53. The van der Waals surface area contributed by atoms with Gasteiger partial charge in [0, 0.05) is 29.4 Å². The molecule has 4 aliphatic rings. The van der Waals surface area contributed by atoms with E-state index in [-0.39, 0.29) is 31.0 Å². The van der Waals surface area contributed by atoms with Gasteiger partial charge in [-0.1, -0.05) is 6.08 Å². The predicted octanol–water partition coefficient (Wildman–Crippen LogP) is 3.36. The maximum absolute atomic E-state index is 13.4. The Bertz CT molecular complexity index is 740. The summed E-state index contributed by atoms with van der Waals surface area (Å²) >= 11 is 0. The van der Waals surface area contributed by atoms with Crippen molar-refractivity contribution in [2.75, 3.05) is 6.67 Å². The summed E-state index contributed by atoms with van der Waals surface area (Å²) < 4.78 is 51.1. The highest BCUT2D eigenvalue weighted by atomic mass is 19.4. The minimum Gasteiger partial charge on any atom is -0.383 e. The summed E-state index contributed by atoms with van der Waals surface area (Å²) in [5, 5.41) is 4.97. The molecule has 2 unspecified atom stereocenters. The lowest BCUT2D eigenvalue weighted by Gasteiger charge is -2.31. The Kier molecular flexibility index (Phi) is 5.61. The fraction of sp³-hybridized carbons (Fsp3) is 0.650. The molecule has 1 saturated heterocycles. The Balaban J connectivity index is 1.35. The van der Waals surface area contributed by atoms with Crippen molar-refractivity contribution in [3.05, 3.63) is 35.7 Å². The second-order valence-electron chi connectivity index (χ2n) is 8.13. The minimum absolute atomic E-state index is 0.0926. The van der Waals surface area contributed by atoms with Gasteiger partial charge >= 0.3 is 6.18 Å². The molecule has 4 rings (SSSR count). The van der Waals surface area contributed by atoms with Gasteiger partial charge in [-0.15, -0.1) is 0 Å². The SMILES string of the molecule is CC(C)OC1OC1/C=C\N1CN=C([C@H]2C=C(NC3CCC3)C=C(C(F)(F)F)C2)N1. The molecule has 0 bridgehead atoms. The number of rotatable bonds is 7. The Hall–Kier alpha value is -2.00. The van der Waals surface area contributed by atoms with E-state index in [4.69, 9.17) is 9.47 Å². The van der Waals surface area contributed by atoms with Crippen LogP contribution in [-0.2, 0) is 9.47 Å². The van der Waals surface area contributed by atoms with Gasteiger partial charge in [-0.05, 0) is 51.7 Å². The van der Waals surface area contributed by atoms with E-state index in [9.17, 15) is 13.2 Å². The van der Waals surface area contributed by atoms with Gasteiger partial charge in [-0.25, -0.2) is 4.99 Å². The molecule has 0 radical (unpaired) electrons. The zero-order chi connectivity index (χ0) is 20.6. The molecule has 3 atom stereocenters. The van der Waals surface area contributed by atoms with Crippen LogP contribution in [0.4, 0.5) is 13.2 Å². The summed E-state index contributed by atoms with van der Waals surface area (Å²) in [7, 11) is 0. The van der Waals surface area contributed by atoms with Crippen LogP contribution in [0.1, 0.15) is 39.5 Å². The molecule has 29 heavy (non-hydrogen) atoms. The van der Waals surface area contributed by atoms with E-state index < -0.39 is 17.7 Å². The number of hydrazine groups is 1. The largest absolute Gasteiger partial charge is 0.412 e. The quantitative estimate of drug-likeness (QED) is 0.628. The number of halogens is 3. The molecular weight excluding hydrogens is 385 g/mol. The summed E-state index contributed by atoms with van der Waals surface area (Å²) in [6, 6.07) is 0.267. The third kappa shape index (κ3) is 5.14. The Morgan fingerprint density at radius 3 is 2.83 bits per heavy atom. The molecule has 0 amide bonds. The predicted molar refractivity (Wildman–Crippen MR) is 102 cm³/mol. The summed E-state index contributed by atoms with van der Waals surface area (Å²) in [6.45, 7) is 4.23. The molecule has 0 aromatic heterocycles. The molecule has 2 fully saturated rings. The first-order valence-electron chi connectivity index (χ1n) is 10.1. The smallest absolute Gasteiger partial charge is 0.383 e. The summed E-state index contributed by atoms with van der Waals surface area (Å²) in [5.41, 5.74) is 3.12. The van der Waals surface area contributed by atoms with Gasteiger partial charge in [0.15, 0.2) is 6.29 Å². The molecule has 0 aromatic carbocycles. The molecule has 160 valence electrons. The van der Waals surface area contributed by atoms with E-state index in [1.165, 1.54) is 6.08 Å². The van der Waals surface area contributed by atoms with Gasteiger partial charge in [0.05, 0.1) is 6.10 Å². The zero-order valence-electron chi connectivity index (χ0n) is 16.6. The van der Waals surface area contributed by atoms with Gasteiger partial charge in [-0.3, -0.25) is 10.4 Å². The number of ether oxygens (including phenoxy) is 2. The highest BCUT2D eigenvalue weighted by Gasteiger charge is 2.40. The first kappa shape index (κ1) is 20.3. The molecule has 2 N–H and O–H groups in total. The Morgan fingerprint density at radius 1 is 1.38 bits per heavy atom. The molecule has 2 heterocycles. The van der Waals surface area contributed by atoms with Crippen LogP contribution in [0, 0.1) is 5.92 Å². The molecule has 9 heteroatoms. The lowest BCUT2D eigenvalue weighted by Crippen LogP contribution is -2.39. The van der Waals surface area contributed by atoms with E-state index in [2.05, 4.69) is 15.7 Å². The molecule has 1 saturated carbocycles. The second kappa shape index (κ2) is 8.02. The molecule has 0 aromatic rings. The van der Waals surface area contributed by atoms with Crippen molar-refractivity contribution in [3.63, 3.8) is 0 Å². The Labute approximate surface area is 168 Å². The highest BCUT2D eigenvalue weighted by molar-refractivity contribution is 5.87. The van der Waals surface area contributed by atoms with Crippen LogP contribution >= 0.6 is 0 Å². The van der Waals surface area contributed by atoms with Gasteiger partial charge in [0.1, 0.15) is 18.6 Å². The molecule has 6 nitrogen and oxygen atoms in total. The Morgan fingerprint density at radius 2 is 2.17 bits per heavy atom. The summed E-state index contributed by atoms with van der Waals surface area (Å²) in [6.07, 6.45) is 5.18. The van der Waals surface area contributed by atoms with Crippen molar-refractivity contribution in [3.8, 4) is 0 Å². The van der Waals surface area contributed by atoms with Crippen molar-refractivity contribution in [1.29, 1.82) is 0 Å². The van der Waals surface area contributed by atoms with E-state index in [1.54, 1.807) is 11.2 Å². The van der Waals surface area contributed by atoms with Crippen LogP contribution in [0.25, 0.3) is 0 Å². The third-order valence-electron chi connectivity index (χ3n) is 5.34. The molecule has 2 aliphatic carbocycles. The first-order chi connectivity index (χ1) is 13.8. The first-order valence-corrected chi connectivity index (χ1v) is 10.1. The average Bonchev–Trinajstić information content (AvgIpc) is 3.16.